The van der Waals surface area contributed by atoms with Crippen LogP contribution < -0.4 is 4.74 Å². The van der Waals surface area contributed by atoms with Crippen LogP contribution in [0.5, 0.6) is 5.75 Å². The molecule has 7 heteroatoms. The monoisotopic (exact) mass is 385 g/mol. The lowest BCUT2D eigenvalue weighted by molar-refractivity contribution is 0.394. The summed E-state index contributed by atoms with van der Waals surface area (Å²) in [6.45, 7) is 0.460. The van der Waals surface area contributed by atoms with Gasteiger partial charge in [-0.3, -0.25) is 0 Å². The van der Waals surface area contributed by atoms with Gasteiger partial charge in [-0.2, -0.15) is 4.31 Å². The van der Waals surface area contributed by atoms with Crippen molar-refractivity contribution in [3.8, 4) is 5.75 Å². The maximum atomic E-state index is 13.1. The number of benzene rings is 2. The van der Waals surface area contributed by atoms with Crippen molar-refractivity contribution in [2.24, 2.45) is 0 Å². The topological polar surface area (TPSA) is 46.6 Å². The molecule has 0 aliphatic carbocycles. The molecule has 1 heterocycles. The standard InChI is InChI=1S/C17H17Cl2NO3S/c1-23-14-7-4-12(5-8-14)16-3-2-10-20(16)24(21,22)17-11-13(18)6-9-15(17)19/h4-9,11,16H,2-3,10H2,1H3/t16-/m0/s1. The van der Waals surface area contributed by atoms with Gasteiger partial charge in [0.1, 0.15) is 10.6 Å². The third-order valence-corrected chi connectivity index (χ3v) is 6.81. The molecule has 4 nitrogen and oxygen atoms in total. The molecule has 128 valence electrons. The van der Waals surface area contributed by atoms with Crippen LogP contribution in [0.2, 0.25) is 10.0 Å². The van der Waals surface area contributed by atoms with Crippen molar-refractivity contribution in [3.05, 3.63) is 58.1 Å². The third-order valence-electron chi connectivity index (χ3n) is 4.18. The highest BCUT2D eigenvalue weighted by Gasteiger charge is 2.37. The summed E-state index contributed by atoms with van der Waals surface area (Å²) in [5, 5.41) is 0.526. The molecule has 1 atom stereocenters. The van der Waals surface area contributed by atoms with Gasteiger partial charge in [0, 0.05) is 11.6 Å². The number of rotatable bonds is 4. The largest absolute Gasteiger partial charge is 0.497 e. The molecule has 1 fully saturated rings. The Morgan fingerprint density at radius 1 is 1.12 bits per heavy atom. The van der Waals surface area contributed by atoms with Gasteiger partial charge < -0.3 is 4.74 Å². The smallest absolute Gasteiger partial charge is 0.245 e. The summed E-state index contributed by atoms with van der Waals surface area (Å²) in [5.74, 6) is 0.740. The summed E-state index contributed by atoms with van der Waals surface area (Å²) in [6.07, 6.45) is 1.57. The highest BCUT2D eigenvalue weighted by atomic mass is 35.5. The van der Waals surface area contributed by atoms with Crippen molar-refractivity contribution in [3.63, 3.8) is 0 Å². The maximum Gasteiger partial charge on any atom is 0.245 e. The van der Waals surface area contributed by atoms with Gasteiger partial charge in [0.15, 0.2) is 0 Å². The van der Waals surface area contributed by atoms with E-state index >= 15 is 0 Å². The average Bonchev–Trinajstić information content (AvgIpc) is 3.07. The molecule has 1 aliphatic rings. The molecule has 0 saturated carbocycles. The molecule has 1 saturated heterocycles. The van der Waals surface area contributed by atoms with Crippen LogP contribution in [0.15, 0.2) is 47.4 Å². The van der Waals surface area contributed by atoms with Crippen molar-refractivity contribution < 1.29 is 13.2 Å². The number of hydrogen-bond acceptors (Lipinski definition) is 3. The van der Waals surface area contributed by atoms with Gasteiger partial charge in [-0.15, -0.1) is 0 Å². The zero-order chi connectivity index (χ0) is 17.3. The van der Waals surface area contributed by atoms with E-state index < -0.39 is 10.0 Å². The summed E-state index contributed by atoms with van der Waals surface area (Å²) in [7, 11) is -2.12. The predicted octanol–water partition coefficient (Wildman–Crippen LogP) is 4.53. The van der Waals surface area contributed by atoms with Gasteiger partial charge in [0.25, 0.3) is 0 Å². The number of halogens is 2. The molecule has 0 bridgehead atoms. The lowest BCUT2D eigenvalue weighted by Crippen LogP contribution is -2.30. The van der Waals surface area contributed by atoms with Crippen LogP contribution in [0.3, 0.4) is 0 Å². The van der Waals surface area contributed by atoms with Gasteiger partial charge in [-0.25, -0.2) is 8.42 Å². The van der Waals surface area contributed by atoms with Gasteiger partial charge in [-0.1, -0.05) is 35.3 Å². The van der Waals surface area contributed by atoms with Crippen LogP contribution in [0.4, 0.5) is 0 Å². The van der Waals surface area contributed by atoms with Gasteiger partial charge in [0.2, 0.25) is 10.0 Å². The summed E-state index contributed by atoms with van der Waals surface area (Å²) in [4.78, 5) is 0.0529. The van der Waals surface area contributed by atoms with Crippen molar-refractivity contribution in [1.29, 1.82) is 0 Å². The first kappa shape index (κ1) is 17.5. The molecule has 0 amide bonds. The Morgan fingerprint density at radius 2 is 1.83 bits per heavy atom. The molecule has 0 N–H and O–H groups in total. The minimum atomic E-state index is -3.72. The molecule has 1 aliphatic heterocycles. The fraction of sp³-hybridized carbons (Fsp3) is 0.294. The Labute approximate surface area is 152 Å². The molecule has 24 heavy (non-hydrogen) atoms. The number of nitrogens with zero attached hydrogens (tertiary/aromatic N) is 1. The van der Waals surface area contributed by atoms with Crippen LogP contribution in [0.25, 0.3) is 0 Å². The van der Waals surface area contributed by atoms with Crippen molar-refractivity contribution in [2.75, 3.05) is 13.7 Å². The van der Waals surface area contributed by atoms with Crippen LogP contribution in [-0.2, 0) is 10.0 Å². The van der Waals surface area contributed by atoms with E-state index in [9.17, 15) is 8.42 Å². The van der Waals surface area contributed by atoms with E-state index in [1.807, 2.05) is 24.3 Å². The van der Waals surface area contributed by atoms with Gasteiger partial charge in [0.05, 0.1) is 18.2 Å². The Morgan fingerprint density at radius 3 is 2.50 bits per heavy atom. The maximum absolute atomic E-state index is 13.1. The fourth-order valence-corrected chi connectivity index (χ4v) is 5.41. The molecule has 0 spiro atoms. The number of sulfonamides is 1. The SMILES string of the molecule is COc1ccc([C@@H]2CCCN2S(=O)(=O)c2cc(Cl)ccc2Cl)cc1. The predicted molar refractivity (Wildman–Crippen MR) is 95.3 cm³/mol. The summed E-state index contributed by atoms with van der Waals surface area (Å²) in [5.41, 5.74) is 0.940. The second-order valence-electron chi connectivity index (χ2n) is 5.62. The highest BCUT2D eigenvalue weighted by molar-refractivity contribution is 7.89. The van der Waals surface area contributed by atoms with Crippen LogP contribution in [0.1, 0.15) is 24.4 Å². The second-order valence-corrected chi connectivity index (χ2v) is 8.32. The Kier molecular flexibility index (Phi) is 5.06. The summed E-state index contributed by atoms with van der Waals surface area (Å²) < 4.78 is 32.8. The number of ether oxygens (including phenoxy) is 1. The fourth-order valence-electron chi connectivity index (χ4n) is 2.99. The van der Waals surface area contributed by atoms with E-state index in [1.165, 1.54) is 16.4 Å². The second kappa shape index (κ2) is 6.92. The van der Waals surface area contributed by atoms with Gasteiger partial charge in [-0.05, 0) is 48.7 Å². The molecule has 0 radical (unpaired) electrons. The molecule has 0 unspecified atom stereocenters. The first-order valence-electron chi connectivity index (χ1n) is 7.54. The molecule has 2 aromatic carbocycles. The van der Waals surface area contributed by atoms with E-state index in [0.29, 0.717) is 11.6 Å². The quantitative estimate of drug-likeness (QED) is 0.776. The zero-order valence-corrected chi connectivity index (χ0v) is 15.4. The average molecular weight is 386 g/mol. The highest BCUT2D eigenvalue weighted by Crippen LogP contribution is 2.39. The number of hydrogen-bond donors (Lipinski definition) is 0. The minimum absolute atomic E-state index is 0.0529. The van der Waals surface area contributed by atoms with E-state index in [0.717, 1.165) is 24.2 Å². The minimum Gasteiger partial charge on any atom is -0.497 e. The Hall–Kier alpha value is -1.27. The van der Waals surface area contributed by atoms with E-state index in [1.54, 1.807) is 13.2 Å². The molecule has 3 rings (SSSR count). The molecular weight excluding hydrogens is 369 g/mol. The van der Waals surface area contributed by atoms with Crippen LogP contribution >= 0.6 is 23.2 Å². The number of methoxy groups -OCH3 is 1. The van der Waals surface area contributed by atoms with E-state index in [-0.39, 0.29) is 16.0 Å². The van der Waals surface area contributed by atoms with Crippen molar-refractivity contribution >= 4 is 33.2 Å². The Balaban J connectivity index is 1.98. The molecule has 0 aromatic heterocycles. The van der Waals surface area contributed by atoms with E-state index in [2.05, 4.69) is 0 Å². The summed E-state index contributed by atoms with van der Waals surface area (Å²) >= 11 is 12.1. The van der Waals surface area contributed by atoms with Gasteiger partial charge >= 0.3 is 0 Å². The molecule has 2 aromatic rings. The first-order chi connectivity index (χ1) is 11.4. The van der Waals surface area contributed by atoms with E-state index in [4.69, 9.17) is 27.9 Å². The normalized spacial score (nSPS) is 18.7. The first-order valence-corrected chi connectivity index (χ1v) is 9.74. The third kappa shape index (κ3) is 3.26. The van der Waals surface area contributed by atoms with Crippen LogP contribution in [-0.4, -0.2) is 26.4 Å². The van der Waals surface area contributed by atoms with Crippen molar-refractivity contribution in [1.82, 2.24) is 4.31 Å². The van der Waals surface area contributed by atoms with Crippen LogP contribution in [0, 0.1) is 0 Å². The lowest BCUT2D eigenvalue weighted by Gasteiger charge is -2.25. The zero-order valence-electron chi connectivity index (χ0n) is 13.1. The summed E-state index contributed by atoms with van der Waals surface area (Å²) in [6, 6.07) is 11.8. The lowest BCUT2D eigenvalue weighted by atomic mass is 10.1. The Bertz CT molecular complexity index is 837. The van der Waals surface area contributed by atoms with Crippen molar-refractivity contribution in [2.45, 2.75) is 23.8 Å². The molecular formula is C17H17Cl2NO3S.